The summed E-state index contributed by atoms with van der Waals surface area (Å²) in [7, 11) is 0. The third kappa shape index (κ3) is 35.6. The minimum Gasteiger partial charge on any atom is -0.0654 e. The average Bonchev–Trinajstić information content (AvgIpc) is 2.99. The molecule has 0 atom stereocenters. The number of carbonyl (C=O) groups excluding carboxylic acids is 2. The number of hydrogen-bond donors (Lipinski definition) is 0. The normalized spacial score (nSPS) is 12.4. The van der Waals surface area contributed by atoms with Gasteiger partial charge in [0.25, 0.3) is 0 Å². The fourth-order valence-electron chi connectivity index (χ4n) is 5.96. The van der Waals surface area contributed by atoms with Crippen LogP contribution < -0.4 is 0 Å². The smallest absolute Gasteiger partial charge is 0.0654 e. The third-order valence-corrected chi connectivity index (χ3v) is 34.2. The van der Waals surface area contributed by atoms with Gasteiger partial charge in [0, 0.05) is 0 Å². The van der Waals surface area contributed by atoms with E-state index in [1.807, 2.05) is 19.8 Å². The first-order valence-corrected chi connectivity index (χ1v) is 36.1. The van der Waals surface area contributed by atoms with Gasteiger partial charge in [-0.2, -0.15) is 0 Å². The monoisotopic (exact) mass is 878 g/mol. The molecule has 276 valence electrons. The molecule has 0 saturated carbocycles. The van der Waals surface area contributed by atoms with Crippen molar-refractivity contribution in [2.45, 2.75) is 213 Å². The van der Waals surface area contributed by atoms with Crippen LogP contribution in [0.3, 0.4) is 0 Å². The van der Waals surface area contributed by atoms with E-state index in [2.05, 4.69) is 38.2 Å². The molecule has 0 aliphatic heterocycles. The summed E-state index contributed by atoms with van der Waals surface area (Å²) in [6.07, 6.45) is 42.5. The van der Waals surface area contributed by atoms with Crippen LogP contribution in [0.5, 0.6) is 0 Å². The molecule has 0 aliphatic rings. The zero-order chi connectivity index (χ0) is 34.9. The Balaban J connectivity index is 3.83. The Labute approximate surface area is 303 Å². The first kappa shape index (κ1) is 47.0. The van der Waals surface area contributed by atoms with E-state index < -0.39 is 38.4 Å². The van der Waals surface area contributed by atoms with E-state index in [0.29, 0.717) is 12.8 Å². The molecule has 0 N–H and O–H groups in total. The maximum absolute atomic E-state index is 12.5. The van der Waals surface area contributed by atoms with E-state index in [0.717, 1.165) is 38.5 Å². The van der Waals surface area contributed by atoms with Crippen molar-refractivity contribution in [1.82, 2.24) is 0 Å². The molecule has 0 radical (unpaired) electrons. The molecule has 0 rings (SSSR count). The zero-order valence-electron chi connectivity index (χ0n) is 32.1. The van der Waals surface area contributed by atoms with Gasteiger partial charge in [0.2, 0.25) is 0 Å². The Morgan fingerprint density at radius 1 is 0.404 bits per heavy atom. The molecule has 5 nitrogen and oxygen atoms in total. The Bertz CT molecular complexity index is 729. The van der Waals surface area contributed by atoms with Crippen LogP contribution in [0.25, 0.3) is 0 Å². The van der Waals surface area contributed by atoms with Crippen LogP contribution in [0.1, 0.15) is 194 Å². The molecular formula is C40H78O5Sn2. The molecule has 0 aliphatic carbocycles. The summed E-state index contributed by atoms with van der Waals surface area (Å²) < 4.78 is 18.1. The molecule has 0 amide bonds. The van der Waals surface area contributed by atoms with Crippen LogP contribution in [0.15, 0.2) is 24.3 Å². The minimum absolute atomic E-state index is 0.148. The molecule has 0 unspecified atom stereocenters. The second-order valence-electron chi connectivity index (χ2n) is 14.5. The fourth-order valence-corrected chi connectivity index (χ4v) is 37.6. The average molecular weight is 876 g/mol. The molecule has 0 heterocycles. The van der Waals surface area contributed by atoms with Crippen molar-refractivity contribution in [1.29, 1.82) is 0 Å². The summed E-state index contributed by atoms with van der Waals surface area (Å²) in [6.45, 7) is 4.53. The van der Waals surface area contributed by atoms with Crippen LogP contribution in [-0.2, 0) is 17.1 Å². The predicted molar refractivity (Wildman–Crippen MR) is 207 cm³/mol. The molecule has 47 heavy (non-hydrogen) atoms. The molecule has 0 bridgehead atoms. The van der Waals surface area contributed by atoms with Crippen molar-refractivity contribution >= 4 is 50.3 Å². The fraction of sp³-hybridized carbons (Fsp3) is 0.850. The van der Waals surface area contributed by atoms with E-state index in [4.69, 9.17) is 7.56 Å². The van der Waals surface area contributed by atoms with Crippen molar-refractivity contribution < 1.29 is 17.1 Å². The molecule has 7 heteroatoms. The van der Waals surface area contributed by atoms with Gasteiger partial charge in [0.05, 0.1) is 0 Å². The Kier molecular flexibility index (Phi) is 33.1. The number of carbonyl (C=O) groups is 2. The van der Waals surface area contributed by atoms with Gasteiger partial charge < -0.3 is 0 Å². The second kappa shape index (κ2) is 33.1. The Morgan fingerprint density at radius 3 is 0.957 bits per heavy atom. The van der Waals surface area contributed by atoms with Crippen LogP contribution in [-0.4, -0.2) is 50.3 Å². The van der Waals surface area contributed by atoms with E-state index in [9.17, 15) is 9.59 Å². The summed E-state index contributed by atoms with van der Waals surface area (Å²) in [5.74, 6) is -0.296. The van der Waals surface area contributed by atoms with Gasteiger partial charge in [-0.05, 0) is 12.8 Å². The van der Waals surface area contributed by atoms with Gasteiger partial charge in [0.15, 0.2) is 0 Å². The number of hydrogen-bond acceptors (Lipinski definition) is 5. The molecule has 0 saturated heterocycles. The first-order valence-electron chi connectivity index (χ1n) is 20.1. The van der Waals surface area contributed by atoms with Crippen LogP contribution in [0.4, 0.5) is 0 Å². The van der Waals surface area contributed by atoms with Crippen molar-refractivity contribution in [2.75, 3.05) is 0 Å². The van der Waals surface area contributed by atoms with Gasteiger partial charge in [-0.15, -0.1) is 0 Å². The van der Waals surface area contributed by atoms with Gasteiger partial charge in [-0.1, -0.05) is 78.1 Å². The molecule has 0 spiro atoms. The molecular weight excluding hydrogens is 798 g/mol. The third-order valence-electron chi connectivity index (χ3n) is 8.50. The van der Waals surface area contributed by atoms with E-state index in [1.165, 1.54) is 128 Å². The predicted octanol–water partition coefficient (Wildman–Crippen LogP) is 13.6. The summed E-state index contributed by atoms with van der Waals surface area (Å²) >= 11 is -7.06. The van der Waals surface area contributed by atoms with Crippen molar-refractivity contribution in [3.8, 4) is 0 Å². The zero-order valence-corrected chi connectivity index (χ0v) is 37.9. The van der Waals surface area contributed by atoms with Crippen molar-refractivity contribution in [3.63, 3.8) is 0 Å². The van der Waals surface area contributed by atoms with Crippen molar-refractivity contribution in [2.24, 2.45) is 0 Å². The van der Waals surface area contributed by atoms with E-state index in [-0.39, 0.29) is 11.9 Å². The van der Waals surface area contributed by atoms with E-state index >= 15 is 0 Å². The number of allylic oxidation sites excluding steroid dienone is 4. The van der Waals surface area contributed by atoms with Crippen LogP contribution in [0.2, 0.25) is 19.8 Å². The quantitative estimate of drug-likeness (QED) is 0.0366. The van der Waals surface area contributed by atoms with Gasteiger partial charge in [-0.25, -0.2) is 0 Å². The molecule has 0 aromatic heterocycles. The van der Waals surface area contributed by atoms with Crippen LogP contribution in [0, 0.1) is 0 Å². The summed E-state index contributed by atoms with van der Waals surface area (Å²) in [4.78, 5) is 32.9. The molecule has 0 aromatic carbocycles. The topological polar surface area (TPSA) is 61.8 Å². The second-order valence-corrected chi connectivity index (χ2v) is 36.2. The number of unbranched alkanes of at least 4 members (excludes halogenated alkanes) is 22. The standard InChI is InChI=1S/2C18H34O2.4CH3.O.2Sn/c2*1-2-3-4-5-6-7-8-9-10-11-12-13-14-15-16-17-18(19)20;;;;;;;/h2*9-10H,2-8,11-17H2,1H3,(H,19,20);4*1H3;;;/q;;;;;;;2*+1/p-2/b10-9+;10-9-;;;;;;;. The number of rotatable bonds is 34. The Morgan fingerprint density at radius 2 is 0.660 bits per heavy atom. The van der Waals surface area contributed by atoms with Gasteiger partial charge in [0.1, 0.15) is 0 Å². The summed E-state index contributed by atoms with van der Waals surface area (Å²) in [5.41, 5.74) is 0. The summed E-state index contributed by atoms with van der Waals surface area (Å²) in [6, 6.07) is 0. The molecule has 0 fully saturated rings. The molecule has 0 aromatic rings. The van der Waals surface area contributed by atoms with E-state index in [1.54, 1.807) is 0 Å². The maximum atomic E-state index is 12.5. The first-order chi connectivity index (χ1) is 22.6. The van der Waals surface area contributed by atoms with Crippen LogP contribution >= 0.6 is 0 Å². The Hall–Kier alpha value is -0.0226. The SMILES string of the molecule is CCCCCCCC/C=C\CCCCCCCC(=O)[O][Sn]([CH3])([CH3])[O][Sn]([CH3])([CH3])[O]C(=O)CCCCCCC/C=C/CCCCCCCC. The van der Waals surface area contributed by atoms with Gasteiger partial charge >= 0.3 is 214 Å². The summed E-state index contributed by atoms with van der Waals surface area (Å²) in [5, 5.41) is 0. The minimum atomic E-state index is -3.53. The van der Waals surface area contributed by atoms with Gasteiger partial charge in [-0.3, -0.25) is 0 Å². The van der Waals surface area contributed by atoms with Crippen molar-refractivity contribution in [3.05, 3.63) is 24.3 Å².